The first-order chi connectivity index (χ1) is 8.22. The van der Waals surface area contributed by atoms with Gasteiger partial charge in [0.1, 0.15) is 0 Å². The summed E-state index contributed by atoms with van der Waals surface area (Å²) in [6.45, 7) is 9.22. The third-order valence-corrected chi connectivity index (χ3v) is 2.92. The lowest BCUT2D eigenvalue weighted by molar-refractivity contribution is 0.00690. The van der Waals surface area contributed by atoms with Crippen LogP contribution in [-0.2, 0) is 9.47 Å². The lowest BCUT2D eigenvalue weighted by atomic mass is 10.3. The summed E-state index contributed by atoms with van der Waals surface area (Å²) in [4.78, 5) is 4.37. The molecule has 5 nitrogen and oxygen atoms in total. The molecule has 102 valence electrons. The number of nitrogens with zero attached hydrogens (tertiary/aromatic N) is 2. The van der Waals surface area contributed by atoms with Crippen molar-refractivity contribution in [2.45, 2.75) is 13.0 Å². The molecule has 0 aromatic heterocycles. The molecule has 0 aliphatic carbocycles. The Morgan fingerprint density at radius 3 is 2.76 bits per heavy atom. The lowest BCUT2D eigenvalue weighted by Crippen LogP contribution is -2.44. The highest BCUT2D eigenvalue weighted by Crippen LogP contribution is 1.99. The number of aliphatic hydroxyl groups is 1. The highest BCUT2D eigenvalue weighted by atomic mass is 16.5. The number of hydrogen-bond donors (Lipinski definition) is 1. The van der Waals surface area contributed by atoms with Crippen molar-refractivity contribution in [1.82, 2.24) is 9.80 Å². The monoisotopic (exact) mass is 246 g/mol. The number of rotatable bonds is 8. The maximum absolute atomic E-state index is 9.96. The van der Waals surface area contributed by atoms with Crippen LogP contribution in [0, 0.1) is 0 Å². The van der Waals surface area contributed by atoms with Crippen molar-refractivity contribution >= 4 is 0 Å². The van der Waals surface area contributed by atoms with Crippen LogP contribution in [-0.4, -0.2) is 87.2 Å². The number of hydrogen-bond acceptors (Lipinski definition) is 5. The standard InChI is InChI=1S/C12H26N2O3/c1-3-16-7-4-13(2)10-12(15)11-14-5-8-17-9-6-14/h12,15H,3-11H2,1-2H3. The van der Waals surface area contributed by atoms with Gasteiger partial charge in [-0.15, -0.1) is 0 Å². The van der Waals surface area contributed by atoms with Gasteiger partial charge in [0.05, 0.1) is 25.9 Å². The largest absolute Gasteiger partial charge is 0.390 e. The smallest absolute Gasteiger partial charge is 0.0793 e. The summed E-state index contributed by atoms with van der Waals surface area (Å²) in [5.74, 6) is 0. The van der Waals surface area contributed by atoms with Gasteiger partial charge >= 0.3 is 0 Å². The molecule has 1 heterocycles. The van der Waals surface area contributed by atoms with Crippen molar-refractivity contribution < 1.29 is 14.6 Å². The fourth-order valence-corrected chi connectivity index (χ4v) is 1.96. The van der Waals surface area contributed by atoms with E-state index in [1.807, 2.05) is 14.0 Å². The lowest BCUT2D eigenvalue weighted by Gasteiger charge is -2.30. The first-order valence-corrected chi connectivity index (χ1v) is 6.46. The molecular formula is C12H26N2O3. The maximum Gasteiger partial charge on any atom is 0.0793 e. The first kappa shape index (κ1) is 14.9. The van der Waals surface area contributed by atoms with Crippen LogP contribution >= 0.6 is 0 Å². The van der Waals surface area contributed by atoms with E-state index in [0.29, 0.717) is 6.54 Å². The van der Waals surface area contributed by atoms with E-state index in [-0.39, 0.29) is 6.10 Å². The normalized spacial score (nSPS) is 19.8. The first-order valence-electron chi connectivity index (χ1n) is 6.46. The molecule has 1 saturated heterocycles. The molecule has 1 rings (SSSR count). The summed E-state index contributed by atoms with van der Waals surface area (Å²) in [6.07, 6.45) is -0.292. The van der Waals surface area contributed by atoms with E-state index in [1.54, 1.807) is 0 Å². The van der Waals surface area contributed by atoms with Crippen molar-refractivity contribution in [3.05, 3.63) is 0 Å². The molecule has 5 heteroatoms. The van der Waals surface area contributed by atoms with Crippen molar-refractivity contribution in [2.75, 3.05) is 66.2 Å². The number of likely N-dealkylation sites (N-methyl/N-ethyl adjacent to an activating group) is 1. The van der Waals surface area contributed by atoms with Gasteiger partial charge in [-0.3, -0.25) is 4.90 Å². The highest BCUT2D eigenvalue weighted by molar-refractivity contribution is 4.69. The predicted octanol–water partition coefficient (Wildman–Crippen LogP) is -0.352. The van der Waals surface area contributed by atoms with Gasteiger partial charge in [0, 0.05) is 39.3 Å². The third kappa shape index (κ3) is 6.95. The van der Waals surface area contributed by atoms with Gasteiger partial charge in [0.15, 0.2) is 0 Å². The van der Waals surface area contributed by atoms with Gasteiger partial charge in [-0.05, 0) is 14.0 Å². The fraction of sp³-hybridized carbons (Fsp3) is 1.00. The molecule has 1 aliphatic rings. The zero-order valence-electron chi connectivity index (χ0n) is 11.1. The Morgan fingerprint density at radius 2 is 2.12 bits per heavy atom. The zero-order valence-corrected chi connectivity index (χ0v) is 11.1. The van der Waals surface area contributed by atoms with Crippen LogP contribution in [0.4, 0.5) is 0 Å². The summed E-state index contributed by atoms with van der Waals surface area (Å²) in [5, 5.41) is 9.96. The quantitative estimate of drug-likeness (QED) is 0.593. The second kappa shape index (κ2) is 8.83. The topological polar surface area (TPSA) is 45.2 Å². The summed E-state index contributed by atoms with van der Waals surface area (Å²) in [6, 6.07) is 0. The van der Waals surface area contributed by atoms with Crippen LogP contribution in [0.25, 0.3) is 0 Å². The third-order valence-electron chi connectivity index (χ3n) is 2.92. The highest BCUT2D eigenvalue weighted by Gasteiger charge is 2.15. The second-order valence-corrected chi connectivity index (χ2v) is 4.53. The summed E-state index contributed by atoms with van der Waals surface area (Å²) < 4.78 is 10.6. The minimum absolute atomic E-state index is 0.292. The molecule has 0 aromatic carbocycles. The molecule has 17 heavy (non-hydrogen) atoms. The van der Waals surface area contributed by atoms with Crippen LogP contribution in [0.5, 0.6) is 0 Å². The van der Waals surface area contributed by atoms with E-state index in [9.17, 15) is 5.11 Å². The Kier molecular flexibility index (Phi) is 7.72. The molecule has 1 aliphatic heterocycles. The fourth-order valence-electron chi connectivity index (χ4n) is 1.96. The molecule has 1 fully saturated rings. The SMILES string of the molecule is CCOCCN(C)CC(O)CN1CCOCC1. The summed E-state index contributed by atoms with van der Waals surface area (Å²) in [5.41, 5.74) is 0. The van der Waals surface area contributed by atoms with Crippen LogP contribution in [0.2, 0.25) is 0 Å². The molecule has 0 spiro atoms. The Hall–Kier alpha value is -0.200. The molecule has 0 radical (unpaired) electrons. The van der Waals surface area contributed by atoms with Gasteiger partial charge in [-0.1, -0.05) is 0 Å². The molecule has 0 amide bonds. The van der Waals surface area contributed by atoms with E-state index in [2.05, 4.69) is 9.80 Å². The van der Waals surface area contributed by atoms with Crippen LogP contribution in [0.1, 0.15) is 6.92 Å². The van der Waals surface area contributed by atoms with Gasteiger partial charge in [0.25, 0.3) is 0 Å². The molecule has 0 bridgehead atoms. The second-order valence-electron chi connectivity index (χ2n) is 4.53. The van der Waals surface area contributed by atoms with Gasteiger partial charge in [-0.25, -0.2) is 0 Å². The van der Waals surface area contributed by atoms with Gasteiger partial charge in [0.2, 0.25) is 0 Å². The molecule has 1 unspecified atom stereocenters. The van der Waals surface area contributed by atoms with E-state index in [0.717, 1.165) is 52.6 Å². The molecule has 0 aromatic rings. The minimum Gasteiger partial charge on any atom is -0.390 e. The van der Waals surface area contributed by atoms with Crippen molar-refractivity contribution in [2.24, 2.45) is 0 Å². The molecular weight excluding hydrogens is 220 g/mol. The van der Waals surface area contributed by atoms with Crippen molar-refractivity contribution in [3.63, 3.8) is 0 Å². The number of morpholine rings is 1. The molecule has 1 atom stereocenters. The average Bonchev–Trinajstić information content (AvgIpc) is 2.30. The zero-order chi connectivity index (χ0) is 12.5. The summed E-state index contributed by atoms with van der Waals surface area (Å²) >= 11 is 0. The van der Waals surface area contributed by atoms with Crippen molar-refractivity contribution in [1.29, 1.82) is 0 Å². The Labute approximate surface area is 104 Å². The van der Waals surface area contributed by atoms with E-state index in [1.165, 1.54) is 0 Å². The van der Waals surface area contributed by atoms with Gasteiger partial charge in [-0.2, -0.15) is 0 Å². The molecule has 0 saturated carbocycles. The van der Waals surface area contributed by atoms with Crippen molar-refractivity contribution in [3.8, 4) is 0 Å². The minimum atomic E-state index is -0.292. The Balaban J connectivity index is 2.07. The van der Waals surface area contributed by atoms with E-state index < -0.39 is 0 Å². The number of β-amino-alcohol motifs (C(OH)–C–C–N with tert-alkyl or cyclic N) is 1. The average molecular weight is 246 g/mol. The number of aliphatic hydroxyl groups excluding tert-OH is 1. The Morgan fingerprint density at radius 1 is 1.41 bits per heavy atom. The number of ether oxygens (including phenoxy) is 2. The van der Waals surface area contributed by atoms with Gasteiger partial charge < -0.3 is 19.5 Å². The van der Waals surface area contributed by atoms with E-state index >= 15 is 0 Å². The summed E-state index contributed by atoms with van der Waals surface area (Å²) in [7, 11) is 2.02. The van der Waals surface area contributed by atoms with Crippen LogP contribution < -0.4 is 0 Å². The predicted molar refractivity (Wildman–Crippen MR) is 67.3 cm³/mol. The van der Waals surface area contributed by atoms with Crippen LogP contribution in [0.3, 0.4) is 0 Å². The maximum atomic E-state index is 9.96. The van der Waals surface area contributed by atoms with Crippen LogP contribution in [0.15, 0.2) is 0 Å². The molecule has 1 N–H and O–H groups in total. The Bertz CT molecular complexity index is 187. The van der Waals surface area contributed by atoms with E-state index in [4.69, 9.17) is 9.47 Å².